The van der Waals surface area contributed by atoms with E-state index in [1.54, 1.807) is 13.0 Å². The highest BCUT2D eigenvalue weighted by Gasteiger charge is 2.27. The quantitative estimate of drug-likeness (QED) is 0.918. The SMILES string of the molecule is Cc1cc(C(=O)N2CC[C@H](O)C2)nn1-c1ccc(F)cc1F. The van der Waals surface area contributed by atoms with Crippen molar-refractivity contribution >= 4 is 5.91 Å². The van der Waals surface area contributed by atoms with Gasteiger partial charge in [0.2, 0.25) is 0 Å². The van der Waals surface area contributed by atoms with Crippen LogP contribution in [0.5, 0.6) is 0 Å². The largest absolute Gasteiger partial charge is 0.391 e. The Morgan fingerprint density at radius 2 is 2.14 bits per heavy atom. The molecule has 22 heavy (non-hydrogen) atoms. The number of rotatable bonds is 2. The lowest BCUT2D eigenvalue weighted by molar-refractivity contribution is 0.0758. The number of nitrogens with zero attached hydrogens (tertiary/aromatic N) is 3. The number of aliphatic hydroxyl groups excluding tert-OH is 1. The number of carbonyl (C=O) groups is 1. The molecule has 1 fully saturated rings. The predicted molar refractivity (Wildman–Crippen MR) is 74.7 cm³/mol. The Morgan fingerprint density at radius 3 is 2.77 bits per heavy atom. The number of carbonyl (C=O) groups excluding carboxylic acids is 1. The number of amides is 1. The molecule has 1 aliphatic heterocycles. The molecule has 1 amide bonds. The van der Waals surface area contributed by atoms with E-state index < -0.39 is 17.7 Å². The number of hydrogen-bond donors (Lipinski definition) is 1. The van der Waals surface area contributed by atoms with E-state index in [0.717, 1.165) is 12.1 Å². The van der Waals surface area contributed by atoms with Crippen molar-refractivity contribution in [2.24, 2.45) is 0 Å². The van der Waals surface area contributed by atoms with Gasteiger partial charge in [-0.2, -0.15) is 5.10 Å². The molecule has 0 bridgehead atoms. The first-order valence-corrected chi connectivity index (χ1v) is 6.95. The second kappa shape index (κ2) is 5.49. The van der Waals surface area contributed by atoms with Gasteiger partial charge in [-0.1, -0.05) is 0 Å². The lowest BCUT2D eigenvalue weighted by Gasteiger charge is -2.13. The summed E-state index contributed by atoms with van der Waals surface area (Å²) in [6.07, 6.45) is 0.0274. The van der Waals surface area contributed by atoms with Gasteiger partial charge in [0.1, 0.15) is 11.5 Å². The monoisotopic (exact) mass is 307 g/mol. The van der Waals surface area contributed by atoms with Crippen LogP contribution in [0.3, 0.4) is 0 Å². The van der Waals surface area contributed by atoms with Gasteiger partial charge in [-0.15, -0.1) is 0 Å². The van der Waals surface area contributed by atoms with E-state index in [-0.39, 0.29) is 23.8 Å². The molecule has 2 aromatic rings. The number of likely N-dealkylation sites (tertiary alicyclic amines) is 1. The smallest absolute Gasteiger partial charge is 0.274 e. The van der Waals surface area contributed by atoms with Gasteiger partial charge in [-0.3, -0.25) is 4.79 Å². The molecule has 3 rings (SSSR count). The summed E-state index contributed by atoms with van der Waals surface area (Å²) in [5.74, 6) is -1.73. The fourth-order valence-electron chi connectivity index (χ4n) is 2.56. The summed E-state index contributed by atoms with van der Waals surface area (Å²) >= 11 is 0. The maximum Gasteiger partial charge on any atom is 0.274 e. The fourth-order valence-corrected chi connectivity index (χ4v) is 2.56. The summed E-state index contributed by atoms with van der Waals surface area (Å²) in [5, 5.41) is 13.6. The minimum Gasteiger partial charge on any atom is -0.391 e. The van der Waals surface area contributed by atoms with Gasteiger partial charge in [-0.25, -0.2) is 13.5 Å². The minimum absolute atomic E-state index is 0.0828. The molecule has 0 unspecified atom stereocenters. The molecule has 0 saturated carbocycles. The topological polar surface area (TPSA) is 58.4 Å². The van der Waals surface area contributed by atoms with Crippen LogP contribution in [0.1, 0.15) is 22.6 Å². The molecular formula is C15H15F2N3O2. The van der Waals surface area contributed by atoms with Crippen molar-refractivity contribution in [3.8, 4) is 5.69 Å². The highest BCUT2D eigenvalue weighted by molar-refractivity contribution is 5.92. The lowest BCUT2D eigenvalue weighted by atomic mass is 10.3. The highest BCUT2D eigenvalue weighted by atomic mass is 19.1. The molecule has 1 N–H and O–H groups in total. The molecule has 7 heteroatoms. The van der Waals surface area contributed by atoms with Gasteiger partial charge < -0.3 is 10.0 Å². The third-order valence-electron chi connectivity index (χ3n) is 3.70. The van der Waals surface area contributed by atoms with Crippen LogP contribution >= 0.6 is 0 Å². The van der Waals surface area contributed by atoms with Gasteiger partial charge in [0.05, 0.1) is 6.10 Å². The Balaban J connectivity index is 1.92. The summed E-state index contributed by atoms with van der Waals surface area (Å²) in [5.41, 5.74) is 0.823. The molecule has 0 radical (unpaired) electrons. The molecule has 2 heterocycles. The van der Waals surface area contributed by atoms with Gasteiger partial charge in [0.15, 0.2) is 11.5 Å². The maximum absolute atomic E-state index is 13.8. The summed E-state index contributed by atoms with van der Waals surface area (Å²) in [7, 11) is 0. The molecule has 0 aliphatic carbocycles. The predicted octanol–water partition coefficient (Wildman–Crippen LogP) is 1.67. The molecule has 5 nitrogen and oxygen atoms in total. The van der Waals surface area contributed by atoms with Crippen LogP contribution in [0.25, 0.3) is 5.69 Å². The molecule has 1 atom stereocenters. The lowest BCUT2D eigenvalue weighted by Crippen LogP contribution is -2.29. The molecule has 0 spiro atoms. The average Bonchev–Trinajstić information content (AvgIpc) is 3.05. The summed E-state index contributed by atoms with van der Waals surface area (Å²) in [4.78, 5) is 13.8. The van der Waals surface area contributed by atoms with E-state index in [2.05, 4.69) is 5.10 Å². The summed E-state index contributed by atoms with van der Waals surface area (Å²) in [6.45, 7) is 2.43. The summed E-state index contributed by atoms with van der Waals surface area (Å²) in [6, 6.07) is 4.74. The zero-order valence-electron chi connectivity index (χ0n) is 12.0. The van der Waals surface area contributed by atoms with Crippen molar-refractivity contribution in [2.45, 2.75) is 19.4 Å². The van der Waals surface area contributed by atoms with Gasteiger partial charge >= 0.3 is 0 Å². The fraction of sp³-hybridized carbons (Fsp3) is 0.333. The Labute approximate surface area is 125 Å². The van der Waals surface area contributed by atoms with Gasteiger partial charge in [0, 0.05) is 24.8 Å². The van der Waals surface area contributed by atoms with Gasteiger partial charge in [0.25, 0.3) is 5.91 Å². The molecule has 116 valence electrons. The Morgan fingerprint density at radius 1 is 1.36 bits per heavy atom. The molecule has 1 aromatic heterocycles. The number of halogens is 2. The third kappa shape index (κ3) is 2.59. The van der Waals surface area contributed by atoms with Crippen LogP contribution in [0, 0.1) is 18.6 Å². The van der Waals surface area contributed by atoms with Crippen molar-refractivity contribution in [2.75, 3.05) is 13.1 Å². The standard InChI is InChI=1S/C15H15F2N3O2/c1-9-6-13(15(22)19-5-4-11(21)8-19)18-20(9)14-3-2-10(16)7-12(14)17/h2-3,6-7,11,21H,4-5,8H2,1H3/t11-/m0/s1. The van der Waals surface area contributed by atoms with Crippen LogP contribution in [-0.4, -0.2) is 44.9 Å². The number of β-amino-alcohol motifs (C(OH)–C–C–N with tert-alkyl or cyclic N) is 1. The minimum atomic E-state index is -0.748. The van der Waals surface area contributed by atoms with Crippen molar-refractivity contribution in [1.82, 2.24) is 14.7 Å². The Bertz CT molecular complexity index is 730. The van der Waals surface area contributed by atoms with Crippen LogP contribution in [0.2, 0.25) is 0 Å². The molecule has 1 aromatic carbocycles. The molecule has 1 aliphatic rings. The number of hydrogen-bond acceptors (Lipinski definition) is 3. The average molecular weight is 307 g/mol. The normalized spacial score (nSPS) is 18.0. The second-order valence-corrected chi connectivity index (χ2v) is 5.37. The maximum atomic E-state index is 13.8. The van der Waals surface area contributed by atoms with Crippen LogP contribution in [0.4, 0.5) is 8.78 Å². The first-order valence-electron chi connectivity index (χ1n) is 6.95. The second-order valence-electron chi connectivity index (χ2n) is 5.37. The van der Waals surface area contributed by atoms with Crippen molar-refractivity contribution in [3.05, 3.63) is 47.3 Å². The van der Waals surface area contributed by atoms with Crippen LogP contribution < -0.4 is 0 Å². The van der Waals surface area contributed by atoms with Crippen molar-refractivity contribution in [3.63, 3.8) is 0 Å². The van der Waals surface area contributed by atoms with E-state index in [1.807, 2.05) is 0 Å². The number of benzene rings is 1. The van der Waals surface area contributed by atoms with Crippen LogP contribution in [-0.2, 0) is 0 Å². The van der Waals surface area contributed by atoms with Crippen molar-refractivity contribution < 1.29 is 18.7 Å². The first kappa shape index (κ1) is 14.6. The van der Waals surface area contributed by atoms with E-state index in [1.165, 1.54) is 15.6 Å². The first-order chi connectivity index (χ1) is 10.5. The van der Waals surface area contributed by atoms with Crippen molar-refractivity contribution in [1.29, 1.82) is 0 Å². The summed E-state index contributed by atoms with van der Waals surface area (Å²) < 4.78 is 28.1. The third-order valence-corrected chi connectivity index (χ3v) is 3.70. The zero-order valence-corrected chi connectivity index (χ0v) is 12.0. The number of aryl methyl sites for hydroxylation is 1. The van der Waals surface area contributed by atoms with E-state index >= 15 is 0 Å². The molecule has 1 saturated heterocycles. The highest BCUT2D eigenvalue weighted by Crippen LogP contribution is 2.19. The van der Waals surface area contributed by atoms with E-state index in [0.29, 0.717) is 18.7 Å². The Hall–Kier alpha value is -2.28. The van der Waals surface area contributed by atoms with Gasteiger partial charge in [-0.05, 0) is 31.5 Å². The van der Waals surface area contributed by atoms with Crippen LogP contribution in [0.15, 0.2) is 24.3 Å². The number of aromatic nitrogens is 2. The Kier molecular flexibility index (Phi) is 3.66. The molecular weight excluding hydrogens is 292 g/mol. The number of aliphatic hydroxyl groups is 1. The zero-order chi connectivity index (χ0) is 15.9. The van der Waals surface area contributed by atoms with E-state index in [4.69, 9.17) is 0 Å². The van der Waals surface area contributed by atoms with E-state index in [9.17, 15) is 18.7 Å².